The van der Waals surface area contributed by atoms with Gasteiger partial charge in [-0.1, -0.05) is 40.5 Å². The number of hydrogen-bond acceptors (Lipinski definition) is 5. The van der Waals surface area contributed by atoms with Crippen LogP contribution in [0.15, 0.2) is 0 Å². The molecule has 1 N–H and O–H groups in total. The van der Waals surface area contributed by atoms with E-state index in [1.54, 1.807) is 6.92 Å². The molecule has 0 radical (unpaired) electrons. The van der Waals surface area contributed by atoms with Crippen LogP contribution in [-0.4, -0.2) is 47.4 Å². The van der Waals surface area contributed by atoms with E-state index in [1.165, 1.54) is 6.42 Å². The summed E-state index contributed by atoms with van der Waals surface area (Å²) in [5.74, 6) is -0.674. The first-order chi connectivity index (χ1) is 13.1. The molecule has 2 aliphatic rings. The zero-order valence-electron chi connectivity index (χ0n) is 17.7. The van der Waals surface area contributed by atoms with Gasteiger partial charge in [0, 0.05) is 19.0 Å². The molecule has 28 heavy (non-hydrogen) atoms. The van der Waals surface area contributed by atoms with E-state index in [0.717, 1.165) is 12.8 Å². The first-order valence-electron chi connectivity index (χ1n) is 10.3. The molecule has 2 amide bonds. The molecular weight excluding hydrogens is 358 g/mol. The van der Waals surface area contributed by atoms with Crippen LogP contribution in [0, 0.1) is 35.0 Å². The Kier molecular flexibility index (Phi) is 7.08. The van der Waals surface area contributed by atoms with Crippen molar-refractivity contribution in [2.24, 2.45) is 23.7 Å². The summed E-state index contributed by atoms with van der Waals surface area (Å²) in [6.45, 7) is 9.62. The lowest BCUT2D eigenvalue weighted by molar-refractivity contribution is -0.152. The van der Waals surface area contributed by atoms with Gasteiger partial charge in [0.2, 0.25) is 5.91 Å². The standard InChI is InChI=1S/C21H33N3O4/c1-13(2)21(5,12-22)23-18(25)11-28-20(27)16-9-19(26)24(10-16)17-8-6-7-14(3)15(17)4/h13-17H,6-11H2,1-5H3,(H,23,25)/t14-,15+,16+,17+,21-/m0/s1. The summed E-state index contributed by atoms with van der Waals surface area (Å²) in [5.41, 5.74) is -1.02. The van der Waals surface area contributed by atoms with Gasteiger partial charge in [-0.05, 0) is 31.1 Å². The number of nitrogens with zero attached hydrogens (tertiary/aromatic N) is 2. The van der Waals surface area contributed by atoms with Gasteiger partial charge in [-0.15, -0.1) is 0 Å². The maximum absolute atomic E-state index is 12.5. The van der Waals surface area contributed by atoms with E-state index in [0.29, 0.717) is 18.4 Å². The number of carbonyl (C=O) groups excluding carboxylic acids is 3. The average molecular weight is 392 g/mol. The van der Waals surface area contributed by atoms with Crippen molar-refractivity contribution in [2.45, 2.75) is 71.9 Å². The van der Waals surface area contributed by atoms with E-state index in [1.807, 2.05) is 18.7 Å². The Labute approximate surface area is 167 Å². The third-order valence-corrected chi connectivity index (χ3v) is 6.69. The zero-order chi connectivity index (χ0) is 21.1. The summed E-state index contributed by atoms with van der Waals surface area (Å²) in [7, 11) is 0. The second-order valence-electron chi connectivity index (χ2n) is 8.91. The molecule has 0 bridgehead atoms. The minimum Gasteiger partial charge on any atom is -0.455 e. The van der Waals surface area contributed by atoms with E-state index in [2.05, 4.69) is 25.2 Å². The smallest absolute Gasteiger partial charge is 0.311 e. The highest BCUT2D eigenvalue weighted by Crippen LogP contribution is 2.35. The Balaban J connectivity index is 1.88. The van der Waals surface area contributed by atoms with Gasteiger partial charge in [-0.25, -0.2) is 0 Å². The predicted molar refractivity (Wildman–Crippen MR) is 104 cm³/mol. The Hall–Kier alpha value is -2.10. The van der Waals surface area contributed by atoms with Crippen molar-refractivity contribution < 1.29 is 19.1 Å². The van der Waals surface area contributed by atoms with Gasteiger partial charge >= 0.3 is 5.97 Å². The number of carbonyl (C=O) groups is 3. The molecule has 0 aromatic carbocycles. The van der Waals surface area contributed by atoms with Crippen molar-refractivity contribution in [3.05, 3.63) is 0 Å². The first-order valence-corrected chi connectivity index (χ1v) is 10.3. The van der Waals surface area contributed by atoms with Crippen LogP contribution < -0.4 is 5.32 Å². The molecule has 1 saturated carbocycles. The van der Waals surface area contributed by atoms with Crippen molar-refractivity contribution in [3.8, 4) is 6.07 Å². The van der Waals surface area contributed by atoms with Crippen LogP contribution in [0.2, 0.25) is 0 Å². The van der Waals surface area contributed by atoms with E-state index < -0.39 is 29.9 Å². The number of likely N-dealkylation sites (tertiary alicyclic amines) is 1. The SMILES string of the molecule is CC(C)[C@](C)(C#N)NC(=O)COC(=O)[C@@H]1CC(=O)N([C@@H]2CCC[C@H](C)[C@H]2C)C1. The molecular formula is C21H33N3O4. The van der Waals surface area contributed by atoms with Crippen molar-refractivity contribution in [1.29, 1.82) is 5.26 Å². The third kappa shape index (κ3) is 4.84. The second-order valence-corrected chi connectivity index (χ2v) is 8.91. The number of esters is 1. The van der Waals surface area contributed by atoms with Gasteiger partial charge in [0.15, 0.2) is 6.61 Å². The van der Waals surface area contributed by atoms with Crippen LogP contribution >= 0.6 is 0 Å². The topological polar surface area (TPSA) is 99.5 Å². The Morgan fingerprint density at radius 3 is 2.64 bits per heavy atom. The van der Waals surface area contributed by atoms with Gasteiger partial charge < -0.3 is 15.0 Å². The van der Waals surface area contributed by atoms with Gasteiger partial charge in [-0.3, -0.25) is 14.4 Å². The molecule has 1 saturated heterocycles. The highest BCUT2D eigenvalue weighted by Gasteiger charge is 2.42. The number of hydrogen-bond donors (Lipinski definition) is 1. The van der Waals surface area contributed by atoms with Gasteiger partial charge in [0.1, 0.15) is 5.54 Å². The van der Waals surface area contributed by atoms with Crippen LogP contribution in [0.3, 0.4) is 0 Å². The average Bonchev–Trinajstić information content (AvgIpc) is 3.03. The molecule has 1 aliphatic heterocycles. The normalized spacial score (nSPS) is 29.9. The van der Waals surface area contributed by atoms with Crippen LogP contribution in [-0.2, 0) is 19.1 Å². The largest absolute Gasteiger partial charge is 0.455 e. The molecule has 2 fully saturated rings. The van der Waals surface area contributed by atoms with Crippen LogP contribution in [0.1, 0.15) is 60.3 Å². The quantitative estimate of drug-likeness (QED) is 0.700. The molecule has 1 heterocycles. The van der Waals surface area contributed by atoms with Gasteiger partial charge in [0.25, 0.3) is 5.91 Å². The van der Waals surface area contributed by atoms with Crippen molar-refractivity contribution in [2.75, 3.05) is 13.2 Å². The van der Waals surface area contributed by atoms with E-state index in [9.17, 15) is 19.6 Å². The van der Waals surface area contributed by atoms with Crippen molar-refractivity contribution in [1.82, 2.24) is 10.2 Å². The van der Waals surface area contributed by atoms with Crippen molar-refractivity contribution in [3.63, 3.8) is 0 Å². The van der Waals surface area contributed by atoms with Crippen LogP contribution in [0.5, 0.6) is 0 Å². The van der Waals surface area contributed by atoms with Crippen LogP contribution in [0.4, 0.5) is 0 Å². The number of nitrogens with one attached hydrogen (secondary N) is 1. The molecule has 7 nitrogen and oxygen atoms in total. The lowest BCUT2D eigenvalue weighted by atomic mass is 9.77. The first kappa shape index (κ1) is 22.2. The summed E-state index contributed by atoms with van der Waals surface area (Å²) >= 11 is 0. The predicted octanol–water partition coefficient (Wildman–Crippen LogP) is 2.26. The molecule has 5 atom stereocenters. The summed E-state index contributed by atoms with van der Waals surface area (Å²) < 4.78 is 5.15. The number of rotatable bonds is 6. The molecule has 0 aromatic rings. The van der Waals surface area contributed by atoms with Gasteiger partial charge in [-0.2, -0.15) is 5.26 Å². The Morgan fingerprint density at radius 2 is 2.04 bits per heavy atom. The Bertz CT molecular complexity index is 657. The number of amides is 2. The molecule has 7 heteroatoms. The maximum Gasteiger partial charge on any atom is 0.311 e. The molecule has 156 valence electrons. The monoisotopic (exact) mass is 391 g/mol. The zero-order valence-corrected chi connectivity index (χ0v) is 17.7. The van der Waals surface area contributed by atoms with E-state index in [-0.39, 0.29) is 24.3 Å². The molecule has 2 rings (SSSR count). The fraction of sp³-hybridized carbons (Fsp3) is 0.810. The molecule has 0 unspecified atom stereocenters. The van der Waals surface area contributed by atoms with Gasteiger partial charge in [0.05, 0.1) is 12.0 Å². The van der Waals surface area contributed by atoms with Crippen molar-refractivity contribution >= 4 is 17.8 Å². The minimum atomic E-state index is -1.02. The highest BCUT2D eigenvalue weighted by molar-refractivity contribution is 5.88. The molecule has 1 aliphatic carbocycles. The fourth-order valence-corrected chi connectivity index (χ4v) is 4.09. The summed E-state index contributed by atoms with van der Waals surface area (Å²) in [6.07, 6.45) is 3.39. The summed E-state index contributed by atoms with van der Waals surface area (Å²) in [5, 5.41) is 11.9. The lowest BCUT2D eigenvalue weighted by Crippen LogP contribution is -2.50. The van der Waals surface area contributed by atoms with Crippen LogP contribution in [0.25, 0.3) is 0 Å². The second kappa shape index (κ2) is 8.93. The van der Waals surface area contributed by atoms with E-state index >= 15 is 0 Å². The third-order valence-electron chi connectivity index (χ3n) is 6.69. The fourth-order valence-electron chi connectivity index (χ4n) is 4.09. The number of nitriles is 1. The lowest BCUT2D eigenvalue weighted by Gasteiger charge is -2.39. The molecule has 0 spiro atoms. The highest BCUT2D eigenvalue weighted by atomic mass is 16.5. The minimum absolute atomic E-state index is 0.00536. The molecule has 0 aromatic heterocycles. The van der Waals surface area contributed by atoms with E-state index in [4.69, 9.17) is 4.74 Å². The summed E-state index contributed by atoms with van der Waals surface area (Å²) in [4.78, 5) is 38.8. The summed E-state index contributed by atoms with van der Waals surface area (Å²) in [6, 6.07) is 2.26. The maximum atomic E-state index is 12.5. The number of ether oxygens (including phenoxy) is 1. The Morgan fingerprint density at radius 1 is 1.36 bits per heavy atom.